The lowest BCUT2D eigenvalue weighted by molar-refractivity contribution is 0.111. The average Bonchev–Trinajstić information content (AvgIpc) is 2.83. The minimum absolute atomic E-state index is 0.217. The minimum Gasteiger partial charge on any atom is -0.504 e. The summed E-state index contributed by atoms with van der Waals surface area (Å²) in [6.07, 6.45) is 1.26. The van der Waals surface area contributed by atoms with Crippen LogP contribution in [0.5, 0.6) is 23.0 Å². The van der Waals surface area contributed by atoms with Crippen molar-refractivity contribution in [1.82, 2.24) is 0 Å². The zero-order chi connectivity index (χ0) is 17.0. The fourth-order valence-corrected chi connectivity index (χ4v) is 1.49. The Bertz CT molecular complexity index is 745. The Morgan fingerprint density at radius 2 is 1.52 bits per heavy atom. The number of fused-ring (bicyclic) bond motifs is 1. The van der Waals surface area contributed by atoms with E-state index in [-0.39, 0.29) is 17.2 Å². The molecule has 2 aromatic rings. The van der Waals surface area contributed by atoms with E-state index in [1.807, 2.05) is 0 Å². The number of phenols is 2. The number of ether oxygens (including phenoxy) is 2. The third-order valence-electron chi connectivity index (χ3n) is 2.54. The molecule has 0 radical (unpaired) electrons. The van der Waals surface area contributed by atoms with Crippen molar-refractivity contribution in [3.63, 3.8) is 0 Å². The summed E-state index contributed by atoms with van der Waals surface area (Å²) in [6.45, 7) is -2.12. The molecule has 0 saturated carbocycles. The van der Waals surface area contributed by atoms with E-state index >= 15 is 0 Å². The molecule has 0 atom stereocenters. The number of hydrogen-bond donors (Lipinski definition) is 2. The molecule has 2 aromatic carbocycles. The molecule has 1 heterocycles. The van der Waals surface area contributed by atoms with Gasteiger partial charge in [-0.2, -0.15) is 0 Å². The molecule has 2 N–H and O–H groups in total. The summed E-state index contributed by atoms with van der Waals surface area (Å²) in [4.78, 5) is 20.5. The molecule has 0 aromatic heterocycles. The van der Waals surface area contributed by atoms with E-state index in [9.17, 15) is 9.59 Å². The Balaban J connectivity index is 0.000000174. The fourth-order valence-electron chi connectivity index (χ4n) is 1.49. The van der Waals surface area contributed by atoms with Crippen LogP contribution in [0.15, 0.2) is 36.4 Å². The summed E-state index contributed by atoms with van der Waals surface area (Å²) in [6, 6.07) is 8.36. The molecule has 0 bridgehead atoms. The molecule has 1 aliphatic heterocycles. The smallest absolute Gasteiger partial charge is 0.231 e. The van der Waals surface area contributed by atoms with Gasteiger partial charge < -0.3 is 19.7 Å². The number of aromatic hydroxyl groups is 2. The van der Waals surface area contributed by atoms with E-state index in [0.29, 0.717) is 29.4 Å². The van der Waals surface area contributed by atoms with Crippen LogP contribution in [0.1, 0.15) is 23.5 Å². The lowest BCUT2D eigenvalue weighted by Crippen LogP contribution is -1.92. The Labute approximate surface area is 123 Å². The summed E-state index contributed by atoms with van der Waals surface area (Å²) >= 11 is 0. The van der Waals surface area contributed by atoms with Gasteiger partial charge in [0, 0.05) is 11.1 Å². The number of rotatable bonds is 2. The predicted octanol–water partition coefficient (Wildman–Crippen LogP) is 2.14. The van der Waals surface area contributed by atoms with Gasteiger partial charge in [0.25, 0.3) is 0 Å². The number of carbonyl (C=O) groups is 2. The Hall–Kier alpha value is -3.02. The first kappa shape index (κ1) is 11.8. The summed E-state index contributed by atoms with van der Waals surface area (Å²) in [5, 5.41) is 17.6. The van der Waals surface area contributed by atoms with Gasteiger partial charge in [-0.15, -0.1) is 0 Å². The number of aldehydes is 2. The molecule has 0 saturated heterocycles. The molecule has 6 heteroatoms. The second-order valence-electron chi connectivity index (χ2n) is 3.98. The van der Waals surface area contributed by atoms with Crippen molar-refractivity contribution in [2.24, 2.45) is 0 Å². The van der Waals surface area contributed by atoms with Crippen molar-refractivity contribution in [1.29, 1.82) is 0 Å². The highest BCUT2D eigenvalue weighted by molar-refractivity contribution is 5.76. The molecule has 3 rings (SSSR count). The topological polar surface area (TPSA) is 93.1 Å². The van der Waals surface area contributed by atoms with Crippen molar-refractivity contribution in [3.05, 3.63) is 47.5 Å². The largest absolute Gasteiger partial charge is 0.504 e. The molecule has 21 heavy (non-hydrogen) atoms. The monoisotopic (exact) mass is 290 g/mol. The molecule has 0 unspecified atom stereocenters. The van der Waals surface area contributed by atoms with Gasteiger partial charge in [-0.1, -0.05) is 0 Å². The second-order valence-corrected chi connectivity index (χ2v) is 3.98. The third-order valence-corrected chi connectivity index (χ3v) is 2.54. The van der Waals surface area contributed by atoms with Gasteiger partial charge in [-0.25, -0.2) is 0 Å². The maximum absolute atomic E-state index is 10.4. The minimum atomic E-state index is -2.12. The van der Waals surface area contributed by atoms with Crippen LogP contribution in [0.2, 0.25) is 0 Å². The highest BCUT2D eigenvalue weighted by Gasteiger charge is 2.12. The van der Waals surface area contributed by atoms with Gasteiger partial charge in [0.2, 0.25) is 6.75 Å². The zero-order valence-electron chi connectivity index (χ0n) is 12.6. The molecule has 0 aliphatic carbocycles. The molecular formula is C15H12O6. The van der Waals surface area contributed by atoms with E-state index in [0.717, 1.165) is 0 Å². The lowest BCUT2D eigenvalue weighted by atomic mass is 10.2. The average molecular weight is 290 g/mol. The van der Waals surface area contributed by atoms with Gasteiger partial charge in [-0.05, 0) is 36.4 Å². The van der Waals surface area contributed by atoms with Crippen LogP contribution in [0.25, 0.3) is 0 Å². The van der Waals surface area contributed by atoms with Crippen LogP contribution < -0.4 is 9.47 Å². The molecule has 108 valence electrons. The van der Waals surface area contributed by atoms with Crippen LogP contribution in [0.3, 0.4) is 0 Å². The molecule has 1 aliphatic rings. The van der Waals surface area contributed by atoms with Crippen molar-refractivity contribution < 1.29 is 32.0 Å². The normalized spacial score (nSPS) is 15.0. The number of hydrogen-bond acceptors (Lipinski definition) is 6. The van der Waals surface area contributed by atoms with Crippen LogP contribution in [-0.4, -0.2) is 29.5 Å². The number of benzene rings is 2. The van der Waals surface area contributed by atoms with Crippen LogP contribution in [-0.2, 0) is 0 Å². The number of carbonyl (C=O) groups excluding carboxylic acids is 2. The molecular weight excluding hydrogens is 276 g/mol. The SMILES string of the molecule is O=Cc1ccc(O)c(O)c1.[2H]C1([2H])Oc2ccc(C=O)cc2O1. The molecule has 6 nitrogen and oxygen atoms in total. The van der Waals surface area contributed by atoms with Gasteiger partial charge in [-0.3, -0.25) is 9.59 Å². The third kappa shape index (κ3) is 3.50. The standard InChI is InChI=1S/C8H6O3.C7H6O3/c9-4-6-1-2-7-8(3-6)11-5-10-7;8-4-5-1-2-6(9)7(10)3-5/h1-4H,5H2;1-4,9-10H/i5D2;. The van der Waals surface area contributed by atoms with E-state index in [1.54, 1.807) is 0 Å². The second kappa shape index (κ2) is 6.42. The Kier molecular flexibility index (Phi) is 3.60. The highest BCUT2D eigenvalue weighted by Crippen LogP contribution is 2.31. The van der Waals surface area contributed by atoms with E-state index < -0.39 is 6.75 Å². The van der Waals surface area contributed by atoms with Crippen LogP contribution >= 0.6 is 0 Å². The lowest BCUT2D eigenvalue weighted by Gasteiger charge is -1.95. The quantitative estimate of drug-likeness (QED) is 0.650. The van der Waals surface area contributed by atoms with Crippen molar-refractivity contribution >= 4 is 12.6 Å². The van der Waals surface area contributed by atoms with Crippen LogP contribution in [0.4, 0.5) is 0 Å². The maximum atomic E-state index is 10.4. The summed E-state index contributed by atoms with van der Waals surface area (Å²) in [5.74, 6) is 0.0837. The van der Waals surface area contributed by atoms with Gasteiger partial charge >= 0.3 is 0 Å². The maximum Gasteiger partial charge on any atom is 0.231 e. The van der Waals surface area contributed by atoms with E-state index in [4.69, 9.17) is 22.4 Å². The Morgan fingerprint density at radius 3 is 2.19 bits per heavy atom. The fraction of sp³-hybridized carbons (Fsp3) is 0.0667. The van der Waals surface area contributed by atoms with E-state index in [2.05, 4.69) is 0 Å². The molecule has 0 spiro atoms. The Morgan fingerprint density at radius 1 is 0.905 bits per heavy atom. The summed E-state index contributed by atoms with van der Waals surface area (Å²) < 4.78 is 23.8. The van der Waals surface area contributed by atoms with Gasteiger partial charge in [0.1, 0.15) is 15.3 Å². The van der Waals surface area contributed by atoms with Gasteiger partial charge in [0.05, 0.1) is 0 Å². The van der Waals surface area contributed by atoms with Crippen LogP contribution in [0, 0.1) is 0 Å². The number of phenolic OH excluding ortho intramolecular Hbond substituents is 2. The van der Waals surface area contributed by atoms with Crippen molar-refractivity contribution in [2.45, 2.75) is 0 Å². The van der Waals surface area contributed by atoms with E-state index in [1.165, 1.54) is 36.4 Å². The predicted molar refractivity (Wildman–Crippen MR) is 73.1 cm³/mol. The summed E-state index contributed by atoms with van der Waals surface area (Å²) in [5.41, 5.74) is 0.773. The van der Waals surface area contributed by atoms with Gasteiger partial charge in [0.15, 0.2) is 23.0 Å². The highest BCUT2D eigenvalue weighted by atomic mass is 16.7. The zero-order valence-corrected chi connectivity index (χ0v) is 10.6. The first-order valence-electron chi connectivity index (χ1n) is 6.79. The molecule has 0 amide bonds. The first-order valence-corrected chi connectivity index (χ1v) is 5.79. The first-order chi connectivity index (χ1) is 10.8. The van der Waals surface area contributed by atoms with Crippen molar-refractivity contribution in [2.75, 3.05) is 6.75 Å². The molecule has 0 fully saturated rings. The van der Waals surface area contributed by atoms with Crippen molar-refractivity contribution in [3.8, 4) is 23.0 Å². The summed E-state index contributed by atoms with van der Waals surface area (Å²) in [7, 11) is 0.